The van der Waals surface area contributed by atoms with Crippen LogP contribution in [0.15, 0.2) is 12.2 Å². The lowest BCUT2D eigenvalue weighted by Gasteiger charge is -2.33. The molecule has 0 saturated heterocycles. The Bertz CT molecular complexity index is 429. The molecule has 0 radical (unpaired) electrons. The molecule has 30 heavy (non-hydrogen) atoms. The van der Waals surface area contributed by atoms with Crippen molar-refractivity contribution >= 4 is 5.97 Å². The number of esters is 1. The van der Waals surface area contributed by atoms with Gasteiger partial charge >= 0.3 is 5.97 Å². The van der Waals surface area contributed by atoms with Crippen LogP contribution >= 0.6 is 0 Å². The predicted molar refractivity (Wildman–Crippen MR) is 128 cm³/mol. The van der Waals surface area contributed by atoms with Crippen LogP contribution in [0.4, 0.5) is 0 Å². The van der Waals surface area contributed by atoms with Crippen LogP contribution in [-0.2, 0) is 9.53 Å². The monoisotopic (exact) mass is 426 g/mol. The lowest BCUT2D eigenvalue weighted by atomic mass is 9.90. The second-order valence-electron chi connectivity index (χ2n) is 8.40. The van der Waals surface area contributed by atoms with E-state index in [1.807, 2.05) is 19.9 Å². The van der Waals surface area contributed by atoms with Gasteiger partial charge in [0.2, 0.25) is 0 Å². The molecule has 2 unspecified atom stereocenters. The van der Waals surface area contributed by atoms with Gasteiger partial charge in [-0.15, -0.1) is 0 Å². The van der Waals surface area contributed by atoms with Gasteiger partial charge in [-0.3, -0.25) is 4.79 Å². The number of rotatable bonds is 21. The number of nitrogens with two attached hydrogens (primary N) is 1. The van der Waals surface area contributed by atoms with E-state index in [-0.39, 0.29) is 31.6 Å². The SMILES string of the molecule is CCCCCCCCCCCCCC=CC(O)(CC)C(COC(=O)CCN)NCC. The molecule has 4 N–H and O–H groups in total. The summed E-state index contributed by atoms with van der Waals surface area (Å²) in [5.41, 5.74) is 4.37. The number of aliphatic hydroxyl groups is 1. The van der Waals surface area contributed by atoms with Crippen molar-refractivity contribution in [2.45, 2.75) is 122 Å². The summed E-state index contributed by atoms with van der Waals surface area (Å²) in [6.45, 7) is 7.34. The van der Waals surface area contributed by atoms with E-state index in [4.69, 9.17) is 10.5 Å². The summed E-state index contributed by atoms with van der Waals surface area (Å²) in [6, 6.07) is -0.317. The maximum absolute atomic E-state index is 11.6. The van der Waals surface area contributed by atoms with E-state index in [9.17, 15) is 9.90 Å². The van der Waals surface area contributed by atoms with E-state index in [2.05, 4.69) is 18.3 Å². The van der Waals surface area contributed by atoms with E-state index in [0.717, 1.165) is 12.8 Å². The number of hydrogen-bond donors (Lipinski definition) is 3. The molecule has 0 aromatic carbocycles. The highest BCUT2D eigenvalue weighted by Crippen LogP contribution is 2.19. The molecule has 0 bridgehead atoms. The van der Waals surface area contributed by atoms with Gasteiger partial charge in [-0.1, -0.05) is 97.1 Å². The third-order valence-electron chi connectivity index (χ3n) is 5.76. The highest BCUT2D eigenvalue weighted by atomic mass is 16.5. The summed E-state index contributed by atoms with van der Waals surface area (Å²) >= 11 is 0. The van der Waals surface area contributed by atoms with Crippen molar-refractivity contribution in [3.63, 3.8) is 0 Å². The minimum absolute atomic E-state index is 0.153. The Labute approximate surface area is 186 Å². The molecule has 0 amide bonds. The zero-order valence-corrected chi connectivity index (χ0v) is 20.1. The first-order valence-corrected chi connectivity index (χ1v) is 12.5. The van der Waals surface area contributed by atoms with E-state index in [1.54, 1.807) is 0 Å². The Balaban J connectivity index is 4.09. The van der Waals surface area contributed by atoms with Gasteiger partial charge in [0.05, 0.1) is 12.5 Å². The predicted octanol–water partition coefficient (Wildman–Crippen LogP) is 5.25. The first-order valence-electron chi connectivity index (χ1n) is 12.5. The fourth-order valence-corrected chi connectivity index (χ4v) is 3.69. The largest absolute Gasteiger partial charge is 0.464 e. The van der Waals surface area contributed by atoms with Gasteiger partial charge in [-0.25, -0.2) is 0 Å². The third kappa shape index (κ3) is 15.0. The molecule has 0 spiro atoms. The van der Waals surface area contributed by atoms with Gasteiger partial charge < -0.3 is 20.9 Å². The number of hydrogen-bond acceptors (Lipinski definition) is 5. The summed E-state index contributed by atoms with van der Waals surface area (Å²) in [5.74, 6) is -0.316. The molecule has 0 aliphatic carbocycles. The van der Waals surface area contributed by atoms with E-state index >= 15 is 0 Å². The van der Waals surface area contributed by atoms with Gasteiger partial charge in [0, 0.05) is 6.54 Å². The summed E-state index contributed by atoms with van der Waals surface area (Å²) in [5, 5.41) is 14.3. The van der Waals surface area contributed by atoms with Crippen LogP contribution in [0, 0.1) is 0 Å². The zero-order chi connectivity index (χ0) is 22.5. The number of ether oxygens (including phenoxy) is 1. The highest BCUT2D eigenvalue weighted by Gasteiger charge is 2.32. The van der Waals surface area contributed by atoms with Gasteiger partial charge in [0.15, 0.2) is 0 Å². The normalized spacial score (nSPS) is 14.7. The number of carbonyl (C=O) groups is 1. The molecule has 0 heterocycles. The fraction of sp³-hybridized carbons (Fsp3) is 0.880. The van der Waals surface area contributed by atoms with E-state index in [1.165, 1.54) is 64.2 Å². The fourth-order valence-electron chi connectivity index (χ4n) is 3.69. The molecule has 0 rings (SSSR count). The Morgan fingerprint density at radius 1 is 1.00 bits per heavy atom. The topological polar surface area (TPSA) is 84.6 Å². The smallest absolute Gasteiger partial charge is 0.307 e. The second kappa shape index (κ2) is 20.0. The minimum Gasteiger partial charge on any atom is -0.464 e. The standard InChI is InChI=1S/C25H50N2O3/c1-4-7-8-9-10-11-12-13-14-15-16-17-18-20-25(29,5-2)23(27-6-3)22-30-24(28)19-21-26/h18,20,23,27,29H,4-17,19,21-22,26H2,1-3H3. The molecule has 0 aliphatic heterocycles. The van der Waals surface area contributed by atoms with Crippen LogP contribution in [0.2, 0.25) is 0 Å². The molecule has 2 atom stereocenters. The van der Waals surface area contributed by atoms with Crippen molar-refractivity contribution in [2.24, 2.45) is 5.73 Å². The van der Waals surface area contributed by atoms with Gasteiger partial charge in [-0.05, 0) is 25.8 Å². The van der Waals surface area contributed by atoms with Crippen LogP contribution in [0.25, 0.3) is 0 Å². The zero-order valence-electron chi connectivity index (χ0n) is 20.1. The minimum atomic E-state index is -1.02. The van der Waals surface area contributed by atoms with Crippen molar-refractivity contribution in [1.82, 2.24) is 5.32 Å². The van der Waals surface area contributed by atoms with Gasteiger partial charge in [0.1, 0.15) is 12.2 Å². The number of likely N-dealkylation sites (N-methyl/N-ethyl adjacent to an activating group) is 1. The number of allylic oxidation sites excluding steroid dienone is 1. The summed E-state index contributed by atoms with van der Waals surface area (Å²) < 4.78 is 5.29. The Kier molecular flexibility index (Phi) is 19.4. The molecule has 0 aromatic heterocycles. The summed E-state index contributed by atoms with van der Waals surface area (Å²) in [6.07, 6.45) is 20.4. The van der Waals surface area contributed by atoms with Crippen molar-refractivity contribution in [1.29, 1.82) is 0 Å². The molecule has 0 fully saturated rings. The van der Waals surface area contributed by atoms with Gasteiger partial charge in [0.25, 0.3) is 0 Å². The van der Waals surface area contributed by atoms with Crippen LogP contribution in [0.1, 0.15) is 111 Å². The third-order valence-corrected chi connectivity index (χ3v) is 5.76. The molecule has 178 valence electrons. The lowest BCUT2D eigenvalue weighted by molar-refractivity contribution is -0.145. The molecule has 5 heteroatoms. The second-order valence-corrected chi connectivity index (χ2v) is 8.40. The van der Waals surface area contributed by atoms with Gasteiger partial charge in [-0.2, -0.15) is 0 Å². The average molecular weight is 427 g/mol. The van der Waals surface area contributed by atoms with E-state index < -0.39 is 5.60 Å². The Hall–Kier alpha value is -0.910. The summed E-state index contributed by atoms with van der Waals surface area (Å²) in [7, 11) is 0. The van der Waals surface area contributed by atoms with Crippen molar-refractivity contribution in [3.8, 4) is 0 Å². The van der Waals surface area contributed by atoms with Crippen LogP contribution in [0.5, 0.6) is 0 Å². The molecular weight excluding hydrogens is 376 g/mol. The Morgan fingerprint density at radius 2 is 1.57 bits per heavy atom. The maximum atomic E-state index is 11.6. The number of carbonyl (C=O) groups excluding carboxylic acids is 1. The molecule has 0 saturated carbocycles. The van der Waals surface area contributed by atoms with Crippen molar-refractivity contribution in [2.75, 3.05) is 19.7 Å². The summed E-state index contributed by atoms with van der Waals surface area (Å²) in [4.78, 5) is 11.6. The number of nitrogens with one attached hydrogen (secondary N) is 1. The molecule has 5 nitrogen and oxygen atoms in total. The molecule has 0 aromatic rings. The highest BCUT2D eigenvalue weighted by molar-refractivity contribution is 5.69. The molecular formula is C25H50N2O3. The quantitative estimate of drug-likeness (QED) is 0.132. The average Bonchev–Trinajstić information content (AvgIpc) is 2.74. The van der Waals surface area contributed by atoms with E-state index in [0.29, 0.717) is 13.0 Å². The Morgan fingerprint density at radius 3 is 2.07 bits per heavy atom. The van der Waals surface area contributed by atoms with Crippen LogP contribution in [-0.4, -0.2) is 42.4 Å². The first kappa shape index (κ1) is 29.1. The van der Waals surface area contributed by atoms with Crippen molar-refractivity contribution < 1.29 is 14.6 Å². The van der Waals surface area contributed by atoms with Crippen LogP contribution in [0.3, 0.4) is 0 Å². The first-order chi connectivity index (χ1) is 14.5. The van der Waals surface area contributed by atoms with Crippen molar-refractivity contribution in [3.05, 3.63) is 12.2 Å². The lowest BCUT2D eigenvalue weighted by Crippen LogP contribution is -2.52. The number of unbranched alkanes of at least 4 members (excludes halogenated alkanes) is 11. The maximum Gasteiger partial charge on any atom is 0.307 e. The van der Waals surface area contributed by atoms with Crippen LogP contribution < -0.4 is 11.1 Å². The molecule has 0 aliphatic rings.